The molecule has 1 aliphatic rings. The molecule has 0 bridgehead atoms. The average Bonchev–Trinajstić information content (AvgIpc) is 3.44. The topological polar surface area (TPSA) is 168 Å². The number of hydrogen-bond donors (Lipinski definition) is 2. The van der Waals surface area contributed by atoms with Crippen molar-refractivity contribution in [1.82, 2.24) is 5.06 Å². The first-order valence-electron chi connectivity index (χ1n) is 11.1. The molecule has 14 heteroatoms. The summed E-state index contributed by atoms with van der Waals surface area (Å²) >= 11 is 6.89. The van der Waals surface area contributed by atoms with Gasteiger partial charge in [-0.15, -0.1) is 16.4 Å². The molecule has 2 aromatic heterocycles. The first-order valence-corrected chi connectivity index (χ1v) is 13.8. The minimum absolute atomic E-state index is 0.0107. The highest BCUT2D eigenvalue weighted by atomic mass is 35.5. The Morgan fingerprint density at radius 2 is 1.72 bits per heavy atom. The fraction of sp³-hybridized carbons (Fsp3) is 0.120. The molecule has 1 fully saturated rings. The van der Waals surface area contributed by atoms with E-state index in [4.69, 9.17) is 20.9 Å². The number of phenolic OH excluding ortho intramolecular Hbond substituents is 1. The van der Waals surface area contributed by atoms with Gasteiger partial charge in [0.05, 0.1) is 16.1 Å². The lowest BCUT2D eigenvalue weighted by molar-refractivity contribution is -0.172. The summed E-state index contributed by atoms with van der Waals surface area (Å²) < 4.78 is 39.3. The van der Waals surface area contributed by atoms with Crippen LogP contribution in [-0.4, -0.2) is 40.9 Å². The number of benzene rings is 2. The predicted octanol–water partition coefficient (Wildman–Crippen LogP) is 3.94. The highest BCUT2D eigenvalue weighted by Gasteiger charge is 2.33. The van der Waals surface area contributed by atoms with Gasteiger partial charge < -0.3 is 14.4 Å². The summed E-state index contributed by atoms with van der Waals surface area (Å²) in [4.78, 5) is 53.2. The molecule has 4 aromatic rings. The number of thiophene rings is 1. The number of hydroxylamine groups is 2. The second-order valence-corrected chi connectivity index (χ2v) is 11.4. The van der Waals surface area contributed by atoms with E-state index in [0.29, 0.717) is 16.0 Å². The minimum Gasteiger partial charge on any atom is -0.506 e. The van der Waals surface area contributed by atoms with E-state index in [9.17, 15) is 37.3 Å². The Labute approximate surface area is 228 Å². The molecule has 0 radical (unpaired) electrons. The number of halogens is 1. The first kappa shape index (κ1) is 26.6. The Morgan fingerprint density at radius 1 is 1.05 bits per heavy atom. The van der Waals surface area contributed by atoms with Crippen LogP contribution in [0.3, 0.4) is 0 Å². The maximum absolute atomic E-state index is 12.6. The van der Waals surface area contributed by atoms with Crippen LogP contribution in [0, 0.1) is 0 Å². The van der Waals surface area contributed by atoms with E-state index in [-0.39, 0.29) is 56.5 Å². The van der Waals surface area contributed by atoms with Gasteiger partial charge in [-0.2, -0.15) is 8.42 Å². The fourth-order valence-corrected chi connectivity index (χ4v) is 6.33. The van der Waals surface area contributed by atoms with E-state index in [1.165, 1.54) is 42.5 Å². The van der Waals surface area contributed by atoms with Crippen LogP contribution in [0.25, 0.3) is 21.4 Å². The van der Waals surface area contributed by atoms with Crippen LogP contribution in [0.5, 0.6) is 5.75 Å². The van der Waals surface area contributed by atoms with Gasteiger partial charge in [-0.1, -0.05) is 23.7 Å². The molecule has 2 amide bonds. The van der Waals surface area contributed by atoms with Gasteiger partial charge in [0.1, 0.15) is 16.2 Å². The van der Waals surface area contributed by atoms with Crippen LogP contribution >= 0.6 is 22.9 Å². The number of rotatable bonds is 6. The monoisotopic (exact) mass is 589 g/mol. The van der Waals surface area contributed by atoms with Crippen LogP contribution < -0.4 is 5.63 Å². The molecule has 1 saturated heterocycles. The van der Waals surface area contributed by atoms with Crippen molar-refractivity contribution >= 4 is 61.8 Å². The van der Waals surface area contributed by atoms with E-state index in [1.54, 1.807) is 0 Å². The number of nitrogens with zero attached hydrogens (tertiary/aromatic N) is 1. The van der Waals surface area contributed by atoms with Crippen LogP contribution in [0.2, 0.25) is 5.02 Å². The molecular formula is C25H16ClNO10S2. The zero-order chi connectivity index (χ0) is 28.1. The summed E-state index contributed by atoms with van der Waals surface area (Å²) in [6.07, 6.45) is -0.0678. The van der Waals surface area contributed by atoms with Crippen molar-refractivity contribution in [3.05, 3.63) is 80.0 Å². The number of aromatic hydroxyl groups is 1. The van der Waals surface area contributed by atoms with Gasteiger partial charge in [-0.25, -0.2) is 9.59 Å². The molecule has 5 rings (SSSR count). The van der Waals surface area contributed by atoms with E-state index in [1.807, 2.05) is 0 Å². The third kappa shape index (κ3) is 5.29. The fourth-order valence-electron chi connectivity index (χ4n) is 3.92. The Kier molecular flexibility index (Phi) is 6.76. The maximum atomic E-state index is 12.6. The molecule has 2 aromatic carbocycles. The SMILES string of the molecule is O=C(ON1C(=O)CCC1=O)c1ccc(Cc2sc(-c3cc4cc(Cl)c(O)cc4oc3=O)cc2S(=O)(=O)O)cc1. The summed E-state index contributed by atoms with van der Waals surface area (Å²) in [5.74, 6) is -2.42. The summed E-state index contributed by atoms with van der Waals surface area (Å²) in [5.41, 5.74) is -0.0988. The smallest absolute Gasteiger partial charge is 0.363 e. The number of amides is 2. The maximum Gasteiger partial charge on any atom is 0.363 e. The predicted molar refractivity (Wildman–Crippen MR) is 138 cm³/mol. The van der Waals surface area contributed by atoms with Crippen LogP contribution in [-0.2, 0) is 31.0 Å². The lowest BCUT2D eigenvalue weighted by atomic mass is 10.1. The second kappa shape index (κ2) is 9.93. The van der Waals surface area contributed by atoms with E-state index >= 15 is 0 Å². The summed E-state index contributed by atoms with van der Waals surface area (Å²) in [7, 11) is -4.67. The molecule has 0 atom stereocenters. The Hall–Kier alpha value is -4.04. The lowest BCUT2D eigenvalue weighted by Gasteiger charge is -2.12. The van der Waals surface area contributed by atoms with Gasteiger partial charge in [0.25, 0.3) is 21.9 Å². The Morgan fingerprint density at radius 3 is 2.36 bits per heavy atom. The normalized spacial score (nSPS) is 13.8. The summed E-state index contributed by atoms with van der Waals surface area (Å²) in [6, 6.07) is 10.9. The highest BCUT2D eigenvalue weighted by molar-refractivity contribution is 7.86. The zero-order valence-electron chi connectivity index (χ0n) is 19.5. The second-order valence-electron chi connectivity index (χ2n) is 8.50. The molecule has 200 valence electrons. The van der Waals surface area contributed by atoms with E-state index in [2.05, 4.69) is 0 Å². The largest absolute Gasteiger partial charge is 0.506 e. The molecule has 0 aliphatic carbocycles. The molecule has 11 nitrogen and oxygen atoms in total. The average molecular weight is 590 g/mol. The van der Waals surface area contributed by atoms with Gasteiger partial charge in [-0.3, -0.25) is 14.1 Å². The van der Waals surface area contributed by atoms with Gasteiger partial charge in [0, 0.05) is 40.5 Å². The third-order valence-corrected chi connectivity index (χ3v) is 8.37. The van der Waals surface area contributed by atoms with Crippen molar-refractivity contribution < 1.29 is 41.7 Å². The molecule has 3 heterocycles. The molecule has 0 saturated carbocycles. The molecular weight excluding hydrogens is 574 g/mol. The molecule has 39 heavy (non-hydrogen) atoms. The quantitative estimate of drug-likeness (QED) is 0.191. The van der Waals surface area contributed by atoms with Crippen LogP contribution in [0.4, 0.5) is 0 Å². The van der Waals surface area contributed by atoms with Crippen molar-refractivity contribution in [1.29, 1.82) is 0 Å². The highest BCUT2D eigenvalue weighted by Crippen LogP contribution is 2.36. The van der Waals surface area contributed by atoms with Crippen LogP contribution in [0.1, 0.15) is 33.6 Å². The van der Waals surface area contributed by atoms with Gasteiger partial charge in [-0.05, 0) is 35.9 Å². The van der Waals surface area contributed by atoms with Gasteiger partial charge in [0.15, 0.2) is 0 Å². The van der Waals surface area contributed by atoms with Gasteiger partial charge in [0.2, 0.25) is 0 Å². The summed E-state index contributed by atoms with van der Waals surface area (Å²) in [5, 5.41) is 10.6. The standard InChI is InChI=1S/C25H16ClNO10S2/c26-16-9-14-8-15(25(32)36-18(14)10-17(16)28)19-11-21(39(33,34)35)20(38-19)7-12-1-3-13(4-2-12)24(31)37-27-22(29)5-6-23(27)30/h1-4,8-11,28H,5-7H2,(H,33,34,35). The van der Waals surface area contributed by atoms with Crippen molar-refractivity contribution in [2.75, 3.05) is 0 Å². The van der Waals surface area contributed by atoms with Gasteiger partial charge >= 0.3 is 11.6 Å². The first-order chi connectivity index (χ1) is 18.4. The molecule has 0 spiro atoms. The summed E-state index contributed by atoms with van der Waals surface area (Å²) in [6.45, 7) is 0. The number of imide groups is 1. The van der Waals surface area contributed by atoms with E-state index < -0.39 is 38.4 Å². The number of carbonyl (C=O) groups is 3. The lowest BCUT2D eigenvalue weighted by Crippen LogP contribution is -2.32. The molecule has 1 aliphatic heterocycles. The number of carbonyl (C=O) groups excluding carboxylic acids is 3. The van der Waals surface area contributed by atoms with E-state index in [0.717, 1.165) is 17.4 Å². The Bertz CT molecular complexity index is 1830. The number of fused-ring (bicyclic) bond motifs is 1. The van der Waals surface area contributed by atoms with Crippen molar-refractivity contribution in [2.45, 2.75) is 24.2 Å². The van der Waals surface area contributed by atoms with Crippen molar-refractivity contribution in [3.8, 4) is 16.2 Å². The number of hydrogen-bond acceptors (Lipinski definition) is 10. The van der Waals surface area contributed by atoms with Crippen molar-refractivity contribution in [3.63, 3.8) is 0 Å². The molecule has 0 unspecified atom stereocenters. The Balaban J connectivity index is 1.44. The van der Waals surface area contributed by atoms with Crippen molar-refractivity contribution in [2.24, 2.45) is 0 Å². The minimum atomic E-state index is -4.67. The zero-order valence-corrected chi connectivity index (χ0v) is 21.9. The molecule has 2 N–H and O–H groups in total. The number of phenols is 1. The van der Waals surface area contributed by atoms with Crippen LogP contribution in [0.15, 0.2) is 62.6 Å². The third-order valence-electron chi connectivity index (χ3n) is 5.85.